The highest BCUT2D eigenvalue weighted by molar-refractivity contribution is 5.91. The summed E-state index contributed by atoms with van der Waals surface area (Å²) < 4.78 is 51.4. The minimum absolute atomic E-state index is 0.112. The molecule has 1 aromatic carbocycles. The highest BCUT2D eigenvalue weighted by Crippen LogP contribution is 2.34. The van der Waals surface area contributed by atoms with Gasteiger partial charge in [0.05, 0.1) is 13.2 Å². The summed E-state index contributed by atoms with van der Waals surface area (Å²) in [5, 5.41) is 6.39. The Balaban J connectivity index is 1.45. The molecule has 182 valence electrons. The maximum Gasteiger partial charge on any atom is 0.453 e. The zero-order chi connectivity index (χ0) is 24.5. The van der Waals surface area contributed by atoms with Gasteiger partial charge in [0.1, 0.15) is 0 Å². The molecule has 2 aromatic heterocycles. The average molecular weight is 477 g/mol. The van der Waals surface area contributed by atoms with Crippen LogP contribution in [0.15, 0.2) is 18.2 Å². The van der Waals surface area contributed by atoms with Gasteiger partial charge in [-0.1, -0.05) is 0 Å². The second-order valence-corrected chi connectivity index (χ2v) is 8.34. The number of anilines is 1. The molecule has 0 aliphatic heterocycles. The molecule has 11 heteroatoms. The summed E-state index contributed by atoms with van der Waals surface area (Å²) >= 11 is 0. The number of alkyl halides is 3. The number of hydrogen-bond acceptors (Lipinski definition) is 6. The Morgan fingerprint density at radius 2 is 1.91 bits per heavy atom. The minimum Gasteiger partial charge on any atom is -0.493 e. The SMILES string of the molecule is COc1ccc(NC(=O)CCc2c(C)nc3nc(C(F)(F)F)nn3c2C)cc1OC1CCCC1. The van der Waals surface area contributed by atoms with Gasteiger partial charge >= 0.3 is 6.18 Å². The van der Waals surface area contributed by atoms with E-state index < -0.39 is 12.0 Å². The molecule has 1 fully saturated rings. The molecule has 1 aliphatic carbocycles. The number of benzene rings is 1. The number of hydrogen-bond donors (Lipinski definition) is 1. The Morgan fingerprint density at radius 1 is 1.18 bits per heavy atom. The normalized spacial score (nSPS) is 14.5. The van der Waals surface area contributed by atoms with Gasteiger partial charge in [-0.15, -0.1) is 5.10 Å². The highest BCUT2D eigenvalue weighted by atomic mass is 19.4. The molecule has 0 radical (unpaired) electrons. The second kappa shape index (κ2) is 9.47. The molecule has 0 spiro atoms. The predicted molar refractivity (Wildman–Crippen MR) is 118 cm³/mol. The summed E-state index contributed by atoms with van der Waals surface area (Å²) in [6.45, 7) is 3.32. The fourth-order valence-corrected chi connectivity index (χ4v) is 4.18. The molecule has 0 unspecified atom stereocenters. The van der Waals surface area contributed by atoms with Crippen molar-refractivity contribution in [1.29, 1.82) is 0 Å². The van der Waals surface area contributed by atoms with E-state index in [1.807, 2.05) is 0 Å². The van der Waals surface area contributed by atoms with Crippen molar-refractivity contribution in [2.24, 2.45) is 0 Å². The van der Waals surface area contributed by atoms with E-state index in [0.717, 1.165) is 30.2 Å². The summed E-state index contributed by atoms with van der Waals surface area (Å²) in [4.78, 5) is 20.2. The summed E-state index contributed by atoms with van der Waals surface area (Å²) in [6, 6.07) is 5.22. The Kier molecular flexibility index (Phi) is 6.63. The molecule has 0 atom stereocenters. The molecule has 0 bridgehead atoms. The number of methoxy groups -OCH3 is 1. The van der Waals surface area contributed by atoms with E-state index in [0.29, 0.717) is 34.1 Å². The average Bonchev–Trinajstić information content (AvgIpc) is 3.43. The van der Waals surface area contributed by atoms with E-state index in [1.165, 1.54) is 0 Å². The van der Waals surface area contributed by atoms with Crippen LogP contribution in [-0.2, 0) is 17.4 Å². The number of aryl methyl sites for hydroxylation is 2. The summed E-state index contributed by atoms with van der Waals surface area (Å²) in [5.74, 6) is -0.427. The number of amides is 1. The lowest BCUT2D eigenvalue weighted by molar-refractivity contribution is -0.144. The smallest absolute Gasteiger partial charge is 0.453 e. The fourth-order valence-electron chi connectivity index (χ4n) is 4.18. The molecule has 4 rings (SSSR count). The van der Waals surface area contributed by atoms with Crippen molar-refractivity contribution in [2.75, 3.05) is 12.4 Å². The number of nitrogens with one attached hydrogen (secondary N) is 1. The van der Waals surface area contributed by atoms with Crippen LogP contribution in [0.4, 0.5) is 18.9 Å². The van der Waals surface area contributed by atoms with Gasteiger partial charge in [-0.25, -0.2) is 9.50 Å². The monoisotopic (exact) mass is 477 g/mol. The molecular formula is C23H26F3N5O3. The molecule has 34 heavy (non-hydrogen) atoms. The molecule has 1 N–H and O–H groups in total. The van der Waals surface area contributed by atoms with Gasteiger partial charge < -0.3 is 14.8 Å². The lowest BCUT2D eigenvalue weighted by Crippen LogP contribution is -2.15. The predicted octanol–water partition coefficient (Wildman–Crippen LogP) is 4.66. The maximum atomic E-state index is 13.0. The van der Waals surface area contributed by atoms with Crippen LogP contribution >= 0.6 is 0 Å². The van der Waals surface area contributed by atoms with Crippen LogP contribution in [0.2, 0.25) is 0 Å². The van der Waals surface area contributed by atoms with E-state index in [-0.39, 0.29) is 30.6 Å². The van der Waals surface area contributed by atoms with Gasteiger partial charge in [-0.05, 0) is 63.6 Å². The Bertz CT molecular complexity index is 1200. The first-order chi connectivity index (χ1) is 16.2. The van der Waals surface area contributed by atoms with Gasteiger partial charge in [0.25, 0.3) is 11.6 Å². The molecular weight excluding hydrogens is 451 g/mol. The van der Waals surface area contributed by atoms with Crippen LogP contribution in [0.25, 0.3) is 5.78 Å². The quantitative estimate of drug-likeness (QED) is 0.532. The lowest BCUT2D eigenvalue weighted by Gasteiger charge is -2.17. The van der Waals surface area contributed by atoms with Crippen molar-refractivity contribution < 1.29 is 27.4 Å². The van der Waals surface area contributed by atoms with Gasteiger partial charge in [-0.2, -0.15) is 18.2 Å². The Hall–Kier alpha value is -3.37. The third-order valence-corrected chi connectivity index (χ3v) is 5.95. The third kappa shape index (κ3) is 5.07. The molecule has 1 amide bonds. The van der Waals surface area contributed by atoms with Crippen LogP contribution in [0, 0.1) is 13.8 Å². The first-order valence-electron chi connectivity index (χ1n) is 11.1. The van der Waals surface area contributed by atoms with E-state index in [1.54, 1.807) is 39.2 Å². The van der Waals surface area contributed by atoms with Crippen molar-refractivity contribution in [3.8, 4) is 11.5 Å². The lowest BCUT2D eigenvalue weighted by atomic mass is 10.1. The summed E-state index contributed by atoms with van der Waals surface area (Å²) in [7, 11) is 1.57. The molecule has 1 saturated carbocycles. The van der Waals surface area contributed by atoms with Crippen LogP contribution in [0.1, 0.15) is 54.9 Å². The number of fused-ring (bicyclic) bond motifs is 1. The van der Waals surface area contributed by atoms with Crippen molar-refractivity contribution in [2.45, 2.75) is 64.7 Å². The van der Waals surface area contributed by atoms with Crippen molar-refractivity contribution >= 4 is 17.4 Å². The summed E-state index contributed by atoms with van der Waals surface area (Å²) in [6.07, 6.45) is 0.134. The number of rotatable bonds is 7. The Labute approximate surface area is 194 Å². The zero-order valence-corrected chi connectivity index (χ0v) is 19.2. The standard InChI is InChI=1S/C23H26F3N5O3/c1-13-17(14(2)31-22(27-13)29-21(30-31)23(24,25)26)9-11-20(32)28-15-8-10-18(33-3)19(12-15)34-16-6-4-5-7-16/h8,10,12,16H,4-7,9,11H2,1-3H3,(H,28,32). The van der Waals surface area contributed by atoms with Crippen molar-refractivity contribution in [1.82, 2.24) is 19.6 Å². The number of carbonyl (C=O) groups excluding carboxylic acids is 1. The van der Waals surface area contributed by atoms with Crippen LogP contribution in [0.5, 0.6) is 11.5 Å². The van der Waals surface area contributed by atoms with Crippen LogP contribution in [-0.4, -0.2) is 38.7 Å². The van der Waals surface area contributed by atoms with Gasteiger partial charge in [0.15, 0.2) is 11.5 Å². The third-order valence-electron chi connectivity index (χ3n) is 5.95. The second-order valence-electron chi connectivity index (χ2n) is 8.34. The van der Waals surface area contributed by atoms with Gasteiger partial charge in [0.2, 0.25) is 5.91 Å². The van der Waals surface area contributed by atoms with E-state index in [2.05, 4.69) is 20.4 Å². The van der Waals surface area contributed by atoms with Gasteiger partial charge in [-0.3, -0.25) is 4.79 Å². The van der Waals surface area contributed by atoms with Crippen molar-refractivity contribution in [3.05, 3.63) is 41.0 Å². The maximum absolute atomic E-state index is 13.0. The van der Waals surface area contributed by atoms with E-state index in [9.17, 15) is 18.0 Å². The number of aromatic nitrogens is 4. The summed E-state index contributed by atoms with van der Waals surface area (Å²) in [5.41, 5.74) is 2.21. The van der Waals surface area contributed by atoms with E-state index >= 15 is 0 Å². The zero-order valence-electron chi connectivity index (χ0n) is 19.2. The number of nitrogens with zero attached hydrogens (tertiary/aromatic N) is 4. The van der Waals surface area contributed by atoms with E-state index in [4.69, 9.17) is 9.47 Å². The fraction of sp³-hybridized carbons (Fsp3) is 0.478. The molecule has 0 saturated heterocycles. The van der Waals surface area contributed by atoms with Gasteiger partial charge in [0, 0.05) is 29.6 Å². The largest absolute Gasteiger partial charge is 0.493 e. The molecule has 1 aliphatic rings. The Morgan fingerprint density at radius 3 is 2.59 bits per heavy atom. The molecule has 3 aromatic rings. The number of ether oxygens (including phenoxy) is 2. The number of halogens is 3. The highest BCUT2D eigenvalue weighted by Gasteiger charge is 2.37. The first-order valence-corrected chi connectivity index (χ1v) is 11.1. The van der Waals surface area contributed by atoms with Crippen LogP contribution in [0.3, 0.4) is 0 Å². The minimum atomic E-state index is -4.66. The van der Waals surface area contributed by atoms with Crippen LogP contribution < -0.4 is 14.8 Å². The topological polar surface area (TPSA) is 90.6 Å². The number of carbonyl (C=O) groups is 1. The first kappa shape index (κ1) is 23.8. The molecule has 8 nitrogen and oxygen atoms in total. The molecule has 2 heterocycles. The van der Waals surface area contributed by atoms with Crippen molar-refractivity contribution in [3.63, 3.8) is 0 Å².